The first-order valence-electron chi connectivity index (χ1n) is 8.11. The minimum absolute atomic E-state index is 0.262. The topological polar surface area (TPSA) is 65.1 Å². The molecule has 27 heavy (non-hydrogen) atoms. The summed E-state index contributed by atoms with van der Waals surface area (Å²) in [6.45, 7) is 0.422. The molecule has 1 fully saturated rings. The molecule has 0 aliphatic carbocycles. The number of rotatable bonds is 6. The fraction of sp³-hybridized carbons (Fsp3) is 0.333. The van der Waals surface area contributed by atoms with Crippen LogP contribution in [0.15, 0.2) is 45.8 Å². The minimum atomic E-state index is -3.65. The van der Waals surface area contributed by atoms with Gasteiger partial charge in [0.15, 0.2) is 11.5 Å². The van der Waals surface area contributed by atoms with Crippen LogP contribution in [0.5, 0.6) is 17.2 Å². The van der Waals surface area contributed by atoms with E-state index in [0.717, 1.165) is 10.0 Å². The van der Waals surface area contributed by atoms with Crippen molar-refractivity contribution in [2.45, 2.75) is 10.3 Å². The highest BCUT2D eigenvalue weighted by Gasteiger charge is 2.38. The molecular weight excluding hydrogens is 454 g/mol. The van der Waals surface area contributed by atoms with Gasteiger partial charge in [0.2, 0.25) is 10.0 Å². The average Bonchev–Trinajstić information content (AvgIpc) is 3.17. The molecule has 0 amide bonds. The summed E-state index contributed by atoms with van der Waals surface area (Å²) in [6, 6.07) is 10.2. The monoisotopic (exact) mass is 473 g/mol. The van der Waals surface area contributed by atoms with Crippen LogP contribution in [0.1, 0.15) is 10.9 Å². The van der Waals surface area contributed by atoms with Crippen molar-refractivity contribution in [1.82, 2.24) is 4.31 Å². The van der Waals surface area contributed by atoms with Crippen LogP contribution in [0, 0.1) is 0 Å². The van der Waals surface area contributed by atoms with Crippen molar-refractivity contribution in [1.29, 1.82) is 0 Å². The maximum absolute atomic E-state index is 13.2. The lowest BCUT2D eigenvalue weighted by Gasteiger charge is -2.25. The Balaban J connectivity index is 2.05. The van der Waals surface area contributed by atoms with E-state index in [1.54, 1.807) is 69.5 Å². The normalized spacial score (nSPS) is 17.7. The van der Waals surface area contributed by atoms with E-state index in [1.807, 2.05) is 0 Å². The summed E-state index contributed by atoms with van der Waals surface area (Å²) in [4.78, 5) is 0.262. The second-order valence-electron chi connectivity index (χ2n) is 5.74. The Labute approximate surface area is 172 Å². The molecule has 0 N–H and O–H groups in total. The van der Waals surface area contributed by atoms with Crippen molar-refractivity contribution in [2.24, 2.45) is 0 Å². The molecule has 0 aromatic heterocycles. The van der Waals surface area contributed by atoms with Crippen LogP contribution in [0.2, 0.25) is 0 Å². The van der Waals surface area contributed by atoms with Gasteiger partial charge in [-0.2, -0.15) is 4.31 Å². The Morgan fingerprint density at radius 1 is 1.00 bits per heavy atom. The predicted molar refractivity (Wildman–Crippen MR) is 109 cm³/mol. The summed E-state index contributed by atoms with van der Waals surface area (Å²) in [5, 5.41) is -0.409. The van der Waals surface area contributed by atoms with E-state index in [-0.39, 0.29) is 4.90 Å². The molecule has 2 aromatic rings. The molecule has 0 radical (unpaired) electrons. The van der Waals surface area contributed by atoms with Crippen molar-refractivity contribution in [3.05, 3.63) is 46.4 Å². The smallest absolute Gasteiger partial charge is 0.244 e. The molecule has 6 nitrogen and oxygen atoms in total. The van der Waals surface area contributed by atoms with Crippen LogP contribution >= 0.6 is 27.7 Å². The number of methoxy groups -OCH3 is 3. The summed E-state index contributed by atoms with van der Waals surface area (Å²) >= 11 is 4.89. The fourth-order valence-corrected chi connectivity index (χ4v) is 6.44. The van der Waals surface area contributed by atoms with Gasteiger partial charge in [0.1, 0.15) is 5.75 Å². The zero-order chi connectivity index (χ0) is 19.6. The van der Waals surface area contributed by atoms with Crippen LogP contribution < -0.4 is 14.2 Å². The number of nitrogens with zero attached hydrogens (tertiary/aromatic N) is 1. The quantitative estimate of drug-likeness (QED) is 0.633. The van der Waals surface area contributed by atoms with Crippen molar-refractivity contribution >= 4 is 37.7 Å². The molecule has 0 spiro atoms. The lowest BCUT2D eigenvalue weighted by atomic mass is 10.1. The van der Waals surface area contributed by atoms with Crippen molar-refractivity contribution < 1.29 is 22.6 Å². The molecule has 1 atom stereocenters. The molecule has 1 aliphatic rings. The molecule has 0 unspecified atom stereocenters. The molecule has 0 bridgehead atoms. The second-order valence-corrected chi connectivity index (χ2v) is 9.74. The maximum Gasteiger partial charge on any atom is 0.244 e. The molecule has 3 rings (SSSR count). The van der Waals surface area contributed by atoms with Crippen LogP contribution in [-0.4, -0.2) is 46.4 Å². The van der Waals surface area contributed by atoms with Gasteiger partial charge in [-0.3, -0.25) is 0 Å². The van der Waals surface area contributed by atoms with Gasteiger partial charge in [0.05, 0.1) is 31.6 Å². The standard InChI is InChI=1S/C18H20BrNO5S2/c1-23-15-11-17(25-3)16(24-2)10-14(15)18-20(8-9-26-18)27(21,22)13-6-4-12(19)5-7-13/h4-7,10-11,18H,8-9H2,1-3H3/t18-/m0/s1. The number of ether oxygens (including phenoxy) is 3. The zero-order valence-corrected chi connectivity index (χ0v) is 18.4. The number of hydrogen-bond donors (Lipinski definition) is 0. The molecule has 1 saturated heterocycles. The van der Waals surface area contributed by atoms with Crippen LogP contribution in [-0.2, 0) is 10.0 Å². The minimum Gasteiger partial charge on any atom is -0.496 e. The third-order valence-corrected chi connectivity index (χ3v) is 8.05. The predicted octanol–water partition coefficient (Wildman–Crippen LogP) is 3.91. The lowest BCUT2D eigenvalue weighted by molar-refractivity contribution is 0.344. The summed E-state index contributed by atoms with van der Waals surface area (Å²) in [5.74, 6) is 2.31. The van der Waals surface area contributed by atoms with E-state index in [0.29, 0.717) is 29.5 Å². The van der Waals surface area contributed by atoms with Gasteiger partial charge in [-0.05, 0) is 30.3 Å². The number of halogens is 1. The fourth-order valence-electron chi connectivity index (χ4n) is 2.93. The largest absolute Gasteiger partial charge is 0.496 e. The lowest BCUT2D eigenvalue weighted by Crippen LogP contribution is -2.30. The highest BCUT2D eigenvalue weighted by atomic mass is 79.9. The molecule has 9 heteroatoms. The average molecular weight is 474 g/mol. The van der Waals surface area contributed by atoms with E-state index in [1.165, 1.54) is 4.31 Å². The first-order chi connectivity index (χ1) is 12.9. The van der Waals surface area contributed by atoms with Crippen LogP contribution in [0.3, 0.4) is 0 Å². The molecular formula is C18H20BrNO5S2. The zero-order valence-electron chi connectivity index (χ0n) is 15.1. The summed E-state index contributed by atoms with van der Waals surface area (Å²) < 4.78 is 45.0. The van der Waals surface area contributed by atoms with Crippen molar-refractivity contribution in [3.63, 3.8) is 0 Å². The number of benzene rings is 2. The highest BCUT2D eigenvalue weighted by molar-refractivity contribution is 9.10. The number of sulfonamides is 1. The Kier molecular flexibility index (Phi) is 6.25. The van der Waals surface area contributed by atoms with E-state index in [9.17, 15) is 8.42 Å². The van der Waals surface area contributed by atoms with Crippen LogP contribution in [0.25, 0.3) is 0 Å². The molecule has 146 valence electrons. The van der Waals surface area contributed by atoms with E-state index < -0.39 is 15.4 Å². The Morgan fingerprint density at radius 2 is 1.59 bits per heavy atom. The third-order valence-electron chi connectivity index (χ3n) is 4.27. The van der Waals surface area contributed by atoms with Gasteiger partial charge in [-0.1, -0.05) is 15.9 Å². The molecule has 1 aliphatic heterocycles. The van der Waals surface area contributed by atoms with Gasteiger partial charge in [-0.15, -0.1) is 11.8 Å². The maximum atomic E-state index is 13.2. The second kappa shape index (κ2) is 8.30. The van der Waals surface area contributed by atoms with Gasteiger partial charge < -0.3 is 14.2 Å². The van der Waals surface area contributed by atoms with E-state index in [2.05, 4.69) is 15.9 Å². The third kappa shape index (κ3) is 3.91. The first kappa shape index (κ1) is 20.3. The van der Waals surface area contributed by atoms with Crippen molar-refractivity contribution in [3.8, 4) is 17.2 Å². The Hall–Kier alpha value is -1.42. The Bertz CT molecular complexity index is 918. The molecule has 1 heterocycles. The number of thioether (sulfide) groups is 1. The molecule has 2 aromatic carbocycles. The summed E-state index contributed by atoms with van der Waals surface area (Å²) in [6.07, 6.45) is 0. The number of hydrogen-bond acceptors (Lipinski definition) is 6. The van der Waals surface area contributed by atoms with E-state index in [4.69, 9.17) is 14.2 Å². The SMILES string of the molecule is COc1cc(OC)c([C@@H]2SCCN2S(=O)(=O)c2ccc(Br)cc2)cc1OC. The molecule has 0 saturated carbocycles. The highest BCUT2D eigenvalue weighted by Crippen LogP contribution is 2.47. The van der Waals surface area contributed by atoms with Gasteiger partial charge in [0.25, 0.3) is 0 Å². The van der Waals surface area contributed by atoms with Gasteiger partial charge in [0, 0.05) is 28.4 Å². The van der Waals surface area contributed by atoms with Crippen LogP contribution in [0.4, 0.5) is 0 Å². The van der Waals surface area contributed by atoms with Crippen molar-refractivity contribution in [2.75, 3.05) is 33.6 Å². The van der Waals surface area contributed by atoms with Gasteiger partial charge in [-0.25, -0.2) is 8.42 Å². The van der Waals surface area contributed by atoms with E-state index >= 15 is 0 Å². The summed E-state index contributed by atoms with van der Waals surface area (Å²) in [7, 11) is 1.000. The van der Waals surface area contributed by atoms with Gasteiger partial charge >= 0.3 is 0 Å². The summed E-state index contributed by atoms with van der Waals surface area (Å²) in [5.41, 5.74) is 0.735. The Morgan fingerprint density at radius 3 is 2.19 bits per heavy atom. The first-order valence-corrected chi connectivity index (χ1v) is 11.4.